The Labute approximate surface area is 106 Å². The third kappa shape index (κ3) is 4.80. The molecular formula is C14H10O4. The molecule has 4 nitrogen and oxygen atoms in total. The topological polar surface area (TPSA) is 52.6 Å². The molecule has 0 amide bonds. The zero-order valence-electron chi connectivity index (χ0n) is 9.51. The van der Waals surface area contributed by atoms with Crippen LogP contribution < -0.4 is 0 Å². The van der Waals surface area contributed by atoms with E-state index in [0.29, 0.717) is 0 Å². The second kappa shape index (κ2) is 8.35. The predicted molar refractivity (Wildman–Crippen MR) is 64.2 cm³/mol. The fourth-order valence-electron chi connectivity index (χ4n) is 0.820. The van der Waals surface area contributed by atoms with Crippen molar-refractivity contribution < 1.29 is 19.1 Å². The molecule has 0 saturated carbocycles. The van der Waals surface area contributed by atoms with E-state index in [0.717, 1.165) is 0 Å². The van der Waals surface area contributed by atoms with Crippen LogP contribution in [0.15, 0.2) is 0 Å². The first kappa shape index (κ1) is 15.2. The van der Waals surface area contributed by atoms with Crippen LogP contribution in [0.4, 0.5) is 0 Å². The molecular weight excluding hydrogens is 232 g/mol. The van der Waals surface area contributed by atoms with Crippen LogP contribution in [0.1, 0.15) is 0 Å². The molecule has 0 unspecified atom stereocenters. The lowest BCUT2D eigenvalue weighted by Gasteiger charge is -2.08. The van der Waals surface area contributed by atoms with Crippen LogP contribution in [-0.2, 0) is 19.1 Å². The van der Waals surface area contributed by atoms with E-state index in [9.17, 15) is 9.59 Å². The Bertz CT molecular complexity index is 402. The van der Waals surface area contributed by atoms with Gasteiger partial charge in [-0.25, -0.2) is 9.59 Å². The Morgan fingerprint density at radius 2 is 1.06 bits per heavy atom. The first-order valence-electron chi connectivity index (χ1n) is 4.78. The maximum atomic E-state index is 11.2. The van der Waals surface area contributed by atoms with Gasteiger partial charge in [0.25, 0.3) is 0 Å². The number of terminal acetylenes is 4. The number of carbonyl (C=O) groups is 2. The molecule has 0 aromatic heterocycles. The normalized spacial score (nSPS) is 8.56. The van der Waals surface area contributed by atoms with Crippen LogP contribution in [0.2, 0.25) is 0 Å². The summed E-state index contributed by atoms with van der Waals surface area (Å²) in [5, 5.41) is 0. The fourth-order valence-corrected chi connectivity index (χ4v) is 0.820. The largest absolute Gasteiger partial charge is 0.460 e. The summed E-state index contributed by atoms with van der Waals surface area (Å²) in [7, 11) is 0. The van der Waals surface area contributed by atoms with Gasteiger partial charge in [0.15, 0.2) is 11.8 Å². The fraction of sp³-hybridized carbons (Fsp3) is 0.286. The molecule has 0 aromatic rings. The Balaban J connectivity index is 3.98. The minimum atomic E-state index is -1.05. The molecule has 0 bridgehead atoms. The zero-order valence-corrected chi connectivity index (χ0v) is 9.51. The molecule has 18 heavy (non-hydrogen) atoms. The summed E-state index contributed by atoms with van der Waals surface area (Å²) >= 11 is 0. The highest BCUT2D eigenvalue weighted by Crippen LogP contribution is 1.98. The van der Waals surface area contributed by atoms with Gasteiger partial charge in [0.1, 0.15) is 13.2 Å². The standard InChI is InChI=1S/C14H10O4/c1-5-11(6-2)13(15)17-9-10-18-14(16)12(7-3)8-4/h1-4,11-12H,9-10H2. The van der Waals surface area contributed by atoms with E-state index in [1.807, 2.05) is 0 Å². The van der Waals surface area contributed by atoms with Crippen molar-refractivity contribution in [3.05, 3.63) is 0 Å². The van der Waals surface area contributed by atoms with E-state index in [1.165, 1.54) is 0 Å². The van der Waals surface area contributed by atoms with Gasteiger partial charge in [-0.15, -0.1) is 25.7 Å². The van der Waals surface area contributed by atoms with E-state index in [1.54, 1.807) is 0 Å². The molecule has 0 aromatic carbocycles. The third-order valence-electron chi connectivity index (χ3n) is 1.71. The SMILES string of the molecule is C#CC(C#C)C(=O)OCCOC(=O)C(C#C)C#C. The Hall–Kier alpha value is -2.82. The quantitative estimate of drug-likeness (QED) is 0.382. The molecule has 4 heteroatoms. The van der Waals surface area contributed by atoms with Crippen molar-refractivity contribution in [2.24, 2.45) is 11.8 Å². The summed E-state index contributed by atoms with van der Waals surface area (Å²) < 4.78 is 9.36. The molecule has 90 valence electrons. The van der Waals surface area contributed by atoms with Gasteiger partial charge in [0.05, 0.1) is 0 Å². The molecule has 0 aliphatic carbocycles. The van der Waals surface area contributed by atoms with E-state index >= 15 is 0 Å². The minimum absolute atomic E-state index is 0.174. The Kier molecular flexibility index (Phi) is 7.04. The van der Waals surface area contributed by atoms with Crippen LogP contribution in [-0.4, -0.2) is 25.2 Å². The minimum Gasteiger partial charge on any atom is -0.460 e. The average Bonchev–Trinajstić information content (AvgIpc) is 2.37. The summed E-state index contributed by atoms with van der Waals surface area (Å²) in [6.45, 7) is -0.349. The van der Waals surface area contributed by atoms with Crippen LogP contribution >= 0.6 is 0 Å². The van der Waals surface area contributed by atoms with Crippen molar-refractivity contribution >= 4 is 11.9 Å². The smallest absolute Gasteiger partial charge is 0.333 e. The zero-order chi connectivity index (χ0) is 14.0. The molecule has 0 aliphatic rings. The second-order valence-electron chi connectivity index (χ2n) is 2.87. The van der Waals surface area contributed by atoms with Crippen molar-refractivity contribution in [3.63, 3.8) is 0 Å². The maximum absolute atomic E-state index is 11.2. The Morgan fingerprint density at radius 3 is 1.28 bits per heavy atom. The number of hydrogen-bond acceptors (Lipinski definition) is 4. The highest BCUT2D eigenvalue weighted by atomic mass is 16.6. The lowest BCUT2D eigenvalue weighted by atomic mass is 10.2. The summed E-state index contributed by atoms with van der Waals surface area (Å²) in [5.41, 5.74) is 0. The summed E-state index contributed by atoms with van der Waals surface area (Å²) in [6, 6.07) is 0. The van der Waals surface area contributed by atoms with Gasteiger partial charge in [-0.3, -0.25) is 0 Å². The molecule has 0 N–H and O–H groups in total. The van der Waals surface area contributed by atoms with Gasteiger partial charge in [0, 0.05) is 0 Å². The Morgan fingerprint density at radius 1 is 0.778 bits per heavy atom. The van der Waals surface area contributed by atoms with Gasteiger partial charge >= 0.3 is 11.9 Å². The average molecular weight is 242 g/mol. The second-order valence-corrected chi connectivity index (χ2v) is 2.87. The van der Waals surface area contributed by atoms with Crippen LogP contribution in [0.5, 0.6) is 0 Å². The predicted octanol–water partition coefficient (Wildman–Crippen LogP) is -0.162. The highest BCUT2D eigenvalue weighted by molar-refractivity contribution is 5.79. The van der Waals surface area contributed by atoms with Crippen molar-refractivity contribution in [2.45, 2.75) is 0 Å². The van der Waals surface area contributed by atoms with Gasteiger partial charge in [0.2, 0.25) is 0 Å². The van der Waals surface area contributed by atoms with Gasteiger partial charge in [-0.05, 0) is 0 Å². The molecule has 0 saturated heterocycles. The molecule has 0 rings (SSSR count). The van der Waals surface area contributed by atoms with Crippen molar-refractivity contribution in [1.82, 2.24) is 0 Å². The van der Waals surface area contributed by atoms with E-state index in [-0.39, 0.29) is 13.2 Å². The molecule has 0 atom stereocenters. The number of carbonyl (C=O) groups excluding carboxylic acids is 2. The number of rotatable bonds is 5. The number of esters is 2. The number of hydrogen-bond donors (Lipinski definition) is 0. The molecule has 0 heterocycles. The van der Waals surface area contributed by atoms with Crippen molar-refractivity contribution in [2.75, 3.05) is 13.2 Å². The van der Waals surface area contributed by atoms with Crippen molar-refractivity contribution in [1.29, 1.82) is 0 Å². The van der Waals surface area contributed by atoms with Gasteiger partial charge < -0.3 is 9.47 Å². The lowest BCUT2D eigenvalue weighted by molar-refractivity contribution is -0.153. The molecule has 0 fully saturated rings. The van der Waals surface area contributed by atoms with Crippen LogP contribution in [0.25, 0.3) is 0 Å². The summed E-state index contributed by atoms with van der Waals surface area (Å²) in [4.78, 5) is 22.4. The summed E-state index contributed by atoms with van der Waals surface area (Å²) in [6.07, 6.45) is 20.0. The first-order chi connectivity index (χ1) is 8.60. The first-order valence-corrected chi connectivity index (χ1v) is 4.78. The third-order valence-corrected chi connectivity index (χ3v) is 1.71. The summed E-state index contributed by atoms with van der Waals surface area (Å²) in [5.74, 6) is 4.67. The van der Waals surface area contributed by atoms with E-state index in [4.69, 9.17) is 25.7 Å². The monoisotopic (exact) mass is 242 g/mol. The van der Waals surface area contributed by atoms with Gasteiger partial charge in [-0.1, -0.05) is 23.7 Å². The number of ether oxygens (including phenoxy) is 2. The van der Waals surface area contributed by atoms with E-state index in [2.05, 4.69) is 33.2 Å². The van der Waals surface area contributed by atoms with Crippen LogP contribution in [0.3, 0.4) is 0 Å². The lowest BCUT2D eigenvalue weighted by Crippen LogP contribution is -2.21. The maximum Gasteiger partial charge on any atom is 0.333 e. The van der Waals surface area contributed by atoms with Crippen LogP contribution in [0, 0.1) is 61.2 Å². The van der Waals surface area contributed by atoms with E-state index < -0.39 is 23.8 Å². The molecule has 0 spiro atoms. The molecule has 0 radical (unpaired) electrons. The van der Waals surface area contributed by atoms with Crippen molar-refractivity contribution in [3.8, 4) is 49.4 Å². The highest BCUT2D eigenvalue weighted by Gasteiger charge is 2.16. The molecule has 0 aliphatic heterocycles. The van der Waals surface area contributed by atoms with Gasteiger partial charge in [-0.2, -0.15) is 0 Å².